The first-order chi connectivity index (χ1) is 8.15. The minimum absolute atomic E-state index is 0.0321. The van der Waals surface area contributed by atoms with Gasteiger partial charge in [-0.2, -0.15) is 0 Å². The monoisotopic (exact) mass is 318 g/mol. The van der Waals surface area contributed by atoms with Crippen LogP contribution >= 0.6 is 27.7 Å². The third-order valence-corrected chi connectivity index (χ3v) is 3.82. The maximum Gasteiger partial charge on any atom is 0.238 e. The van der Waals surface area contributed by atoms with Gasteiger partial charge in [0.25, 0.3) is 0 Å². The number of carbonyl (C=O) groups excluding carboxylic acids is 1. The molecule has 0 saturated carbocycles. The Kier molecular flexibility index (Phi) is 4.42. The van der Waals surface area contributed by atoms with Crippen LogP contribution in [0.25, 0.3) is 0 Å². The lowest BCUT2D eigenvalue weighted by Crippen LogP contribution is -2.41. The van der Waals surface area contributed by atoms with Crippen molar-refractivity contribution in [1.29, 1.82) is 0 Å². The highest BCUT2D eigenvalue weighted by molar-refractivity contribution is 9.10. The summed E-state index contributed by atoms with van der Waals surface area (Å²) in [5, 5.41) is 5.88. The molecule has 1 unspecified atom stereocenters. The summed E-state index contributed by atoms with van der Waals surface area (Å²) in [6.07, 6.45) is 0. The largest absolute Gasteiger partial charge is 0.351 e. The van der Waals surface area contributed by atoms with Crippen LogP contribution in [0.1, 0.15) is 5.56 Å². The zero-order valence-corrected chi connectivity index (χ0v) is 11.4. The number of thioether (sulfide) groups is 1. The molecule has 92 valence electrons. The van der Waals surface area contributed by atoms with Gasteiger partial charge < -0.3 is 5.32 Å². The lowest BCUT2D eigenvalue weighted by atomic mass is 10.2. The summed E-state index contributed by atoms with van der Waals surface area (Å²) in [5.41, 5.74) is 0.746. The van der Waals surface area contributed by atoms with Crippen LogP contribution in [-0.4, -0.2) is 23.6 Å². The van der Waals surface area contributed by atoms with Crippen LogP contribution in [0.5, 0.6) is 0 Å². The van der Waals surface area contributed by atoms with Crippen molar-refractivity contribution in [2.45, 2.75) is 12.6 Å². The maximum absolute atomic E-state index is 13.1. The maximum atomic E-state index is 13.1. The predicted octanol–water partition coefficient (Wildman–Crippen LogP) is 1.87. The lowest BCUT2D eigenvalue weighted by molar-refractivity contribution is -0.122. The summed E-state index contributed by atoms with van der Waals surface area (Å²) in [5.74, 6) is 1.26. The van der Waals surface area contributed by atoms with Gasteiger partial charge in [0.1, 0.15) is 5.82 Å². The van der Waals surface area contributed by atoms with Crippen molar-refractivity contribution in [2.24, 2.45) is 0 Å². The molecule has 17 heavy (non-hydrogen) atoms. The Morgan fingerprint density at radius 2 is 2.41 bits per heavy atom. The molecule has 1 aromatic rings. The van der Waals surface area contributed by atoms with Crippen LogP contribution in [0.4, 0.5) is 4.39 Å². The molecule has 0 bridgehead atoms. The van der Waals surface area contributed by atoms with E-state index in [9.17, 15) is 9.18 Å². The van der Waals surface area contributed by atoms with Crippen LogP contribution in [0, 0.1) is 5.82 Å². The van der Waals surface area contributed by atoms with Crippen LogP contribution in [0.15, 0.2) is 22.7 Å². The smallest absolute Gasteiger partial charge is 0.238 e. The zero-order valence-electron chi connectivity index (χ0n) is 9.00. The fourth-order valence-corrected chi connectivity index (χ4v) is 3.04. The van der Waals surface area contributed by atoms with E-state index in [1.165, 1.54) is 12.1 Å². The molecule has 1 saturated heterocycles. The van der Waals surface area contributed by atoms with Gasteiger partial charge in [0.15, 0.2) is 0 Å². The van der Waals surface area contributed by atoms with Crippen molar-refractivity contribution in [2.75, 3.05) is 11.6 Å². The van der Waals surface area contributed by atoms with Gasteiger partial charge in [-0.3, -0.25) is 10.1 Å². The molecular formula is C11H12BrFN2OS. The van der Waals surface area contributed by atoms with Crippen molar-refractivity contribution < 1.29 is 9.18 Å². The van der Waals surface area contributed by atoms with E-state index < -0.39 is 0 Å². The molecule has 1 amide bonds. The summed E-state index contributed by atoms with van der Waals surface area (Å²) in [4.78, 5) is 11.7. The third-order valence-electron chi connectivity index (χ3n) is 2.42. The second-order valence-corrected chi connectivity index (χ2v) is 5.71. The van der Waals surface area contributed by atoms with Gasteiger partial charge in [-0.15, -0.1) is 11.8 Å². The first kappa shape index (κ1) is 12.9. The molecular weight excluding hydrogens is 307 g/mol. The summed E-state index contributed by atoms with van der Waals surface area (Å²) in [6.45, 7) is 0.345. The van der Waals surface area contributed by atoms with Gasteiger partial charge in [-0.25, -0.2) is 4.39 Å². The Bertz CT molecular complexity index is 404. The molecule has 3 nitrogen and oxygen atoms in total. The van der Waals surface area contributed by atoms with E-state index in [0.717, 1.165) is 17.2 Å². The SMILES string of the molecule is O=C(NCc1cc(F)cc(Br)c1)C1CSCN1. The average Bonchev–Trinajstić information content (AvgIpc) is 2.78. The minimum atomic E-state index is -0.307. The molecule has 1 fully saturated rings. The van der Waals surface area contributed by atoms with E-state index in [-0.39, 0.29) is 17.8 Å². The van der Waals surface area contributed by atoms with Crippen molar-refractivity contribution in [3.05, 3.63) is 34.1 Å². The number of rotatable bonds is 3. The Hall–Kier alpha value is -0.590. The molecule has 0 aliphatic carbocycles. The van der Waals surface area contributed by atoms with Gasteiger partial charge in [0, 0.05) is 22.6 Å². The van der Waals surface area contributed by atoms with Crippen molar-refractivity contribution >= 4 is 33.6 Å². The molecule has 0 spiro atoms. The topological polar surface area (TPSA) is 41.1 Å². The van der Waals surface area contributed by atoms with Crippen LogP contribution < -0.4 is 10.6 Å². The number of hydrogen-bond donors (Lipinski definition) is 2. The summed E-state index contributed by atoms with van der Waals surface area (Å²) < 4.78 is 13.8. The van der Waals surface area contributed by atoms with E-state index in [1.807, 2.05) is 0 Å². The van der Waals surface area contributed by atoms with Crippen LogP contribution in [0.3, 0.4) is 0 Å². The standard InChI is InChI=1S/C11H12BrFN2OS/c12-8-1-7(2-9(13)3-8)4-14-11(16)10-5-17-6-15-10/h1-3,10,15H,4-6H2,(H,14,16). The van der Waals surface area contributed by atoms with Gasteiger partial charge in [-0.1, -0.05) is 15.9 Å². The molecule has 2 N–H and O–H groups in total. The molecule has 1 heterocycles. The Morgan fingerprint density at radius 3 is 3.06 bits per heavy atom. The Labute approximate surface area is 112 Å². The number of hydrogen-bond acceptors (Lipinski definition) is 3. The number of benzene rings is 1. The molecule has 1 atom stereocenters. The normalized spacial score (nSPS) is 19.3. The first-order valence-electron chi connectivity index (χ1n) is 5.19. The van der Waals surface area contributed by atoms with Gasteiger partial charge in [0.05, 0.1) is 6.04 Å². The predicted molar refractivity (Wildman–Crippen MR) is 70.2 cm³/mol. The number of nitrogens with one attached hydrogen (secondary N) is 2. The summed E-state index contributed by atoms with van der Waals surface area (Å²) in [7, 11) is 0. The van der Waals surface area contributed by atoms with Gasteiger partial charge >= 0.3 is 0 Å². The second-order valence-electron chi connectivity index (χ2n) is 3.77. The third kappa shape index (κ3) is 3.69. The average molecular weight is 319 g/mol. The molecule has 1 aliphatic heterocycles. The highest BCUT2D eigenvalue weighted by Crippen LogP contribution is 2.15. The zero-order chi connectivity index (χ0) is 12.3. The van der Waals surface area contributed by atoms with E-state index in [4.69, 9.17) is 0 Å². The van der Waals surface area contributed by atoms with Crippen LogP contribution in [-0.2, 0) is 11.3 Å². The van der Waals surface area contributed by atoms with E-state index in [1.54, 1.807) is 17.8 Å². The first-order valence-corrected chi connectivity index (χ1v) is 7.14. The van der Waals surface area contributed by atoms with Crippen molar-refractivity contribution in [1.82, 2.24) is 10.6 Å². The number of halogens is 2. The Balaban J connectivity index is 1.90. The number of amides is 1. The van der Waals surface area contributed by atoms with E-state index >= 15 is 0 Å². The fourth-order valence-electron chi connectivity index (χ4n) is 1.59. The van der Waals surface area contributed by atoms with E-state index in [0.29, 0.717) is 11.0 Å². The van der Waals surface area contributed by atoms with Gasteiger partial charge in [-0.05, 0) is 23.8 Å². The number of carbonyl (C=O) groups is 1. The highest BCUT2D eigenvalue weighted by Gasteiger charge is 2.21. The van der Waals surface area contributed by atoms with Crippen molar-refractivity contribution in [3.63, 3.8) is 0 Å². The fraction of sp³-hybridized carbons (Fsp3) is 0.364. The molecule has 2 rings (SSSR count). The Morgan fingerprint density at radius 1 is 1.59 bits per heavy atom. The quantitative estimate of drug-likeness (QED) is 0.894. The van der Waals surface area contributed by atoms with Crippen LogP contribution in [0.2, 0.25) is 0 Å². The summed E-state index contributed by atoms with van der Waals surface area (Å²) in [6, 6.07) is 4.47. The molecule has 1 aromatic carbocycles. The molecule has 0 aromatic heterocycles. The second kappa shape index (κ2) is 5.84. The lowest BCUT2D eigenvalue weighted by Gasteiger charge is -2.10. The highest BCUT2D eigenvalue weighted by atomic mass is 79.9. The minimum Gasteiger partial charge on any atom is -0.351 e. The van der Waals surface area contributed by atoms with Gasteiger partial charge in [0.2, 0.25) is 5.91 Å². The molecule has 1 aliphatic rings. The molecule has 0 radical (unpaired) electrons. The van der Waals surface area contributed by atoms with Crippen molar-refractivity contribution in [3.8, 4) is 0 Å². The van der Waals surface area contributed by atoms with E-state index in [2.05, 4.69) is 26.6 Å². The molecule has 6 heteroatoms. The summed E-state index contributed by atoms with van der Waals surface area (Å²) >= 11 is 4.92.